The molecule has 0 fully saturated rings. The molecular formula is C44H44N4O2Pt. The van der Waals surface area contributed by atoms with Crippen LogP contribution in [0, 0.1) is 32.9 Å². The molecule has 0 N–H and O–H groups in total. The minimum atomic E-state index is -0.245. The topological polar surface area (TPSA) is 54.1 Å². The molecule has 262 valence electrons. The summed E-state index contributed by atoms with van der Waals surface area (Å²) in [5, 5.41) is 7.60. The first-order valence-corrected chi connectivity index (χ1v) is 17.1. The maximum atomic E-state index is 6.54. The van der Waals surface area contributed by atoms with Crippen molar-refractivity contribution < 1.29 is 30.5 Å². The Labute approximate surface area is 315 Å². The van der Waals surface area contributed by atoms with Crippen molar-refractivity contribution in [2.75, 3.05) is 7.11 Å². The number of pyridine rings is 1. The van der Waals surface area contributed by atoms with Crippen molar-refractivity contribution in [1.29, 1.82) is 0 Å². The number of nitrogens with zero attached hydrogens (tertiary/aromatic N) is 4. The SMILES string of the molecule is COc1cc(C)c(-c2c(C(C)(C)C)nn(-c3[c-]c(Oc4[c-]c5c(cc4)c4ccccc4n5-c4cc(C)ccn4)ccc3)c2C(C)(C)C)c(C)c1.[Pt+2]. The predicted molar refractivity (Wildman–Crippen MR) is 203 cm³/mol. The summed E-state index contributed by atoms with van der Waals surface area (Å²) >= 11 is 0. The number of fused-ring (bicyclic) bond motifs is 3. The molecule has 0 unspecified atom stereocenters. The third kappa shape index (κ3) is 6.63. The van der Waals surface area contributed by atoms with Gasteiger partial charge >= 0.3 is 21.1 Å². The van der Waals surface area contributed by atoms with Gasteiger partial charge in [-0.25, -0.2) is 4.98 Å². The van der Waals surface area contributed by atoms with E-state index < -0.39 is 0 Å². The first-order chi connectivity index (χ1) is 23.7. The number of aryl methyl sites for hydroxylation is 3. The molecule has 51 heavy (non-hydrogen) atoms. The standard InChI is InChI=1S/C44H44N4O2.Pt/c1-27-20-21-45-38(22-27)47-36-17-12-11-16-34(36)35-19-18-32(26-37(35)47)50-31-15-13-14-30(25-31)48-42(44(7,8)9)40(41(46-48)43(4,5)6)39-28(2)23-33(49-10)24-29(39)3;/h11-24H,1-10H3;/q-2;+2. The van der Waals surface area contributed by atoms with E-state index in [-0.39, 0.29) is 31.9 Å². The summed E-state index contributed by atoms with van der Waals surface area (Å²) in [6.45, 7) is 19.8. The van der Waals surface area contributed by atoms with Crippen LogP contribution >= 0.6 is 0 Å². The van der Waals surface area contributed by atoms with Gasteiger partial charge in [-0.3, -0.25) is 4.68 Å². The van der Waals surface area contributed by atoms with Crippen LogP contribution in [0.15, 0.2) is 85.1 Å². The van der Waals surface area contributed by atoms with Gasteiger partial charge in [0.05, 0.1) is 18.5 Å². The Morgan fingerprint density at radius 1 is 0.706 bits per heavy atom. The summed E-state index contributed by atoms with van der Waals surface area (Å²) < 4.78 is 16.4. The van der Waals surface area contributed by atoms with Gasteiger partial charge in [-0.15, -0.1) is 35.7 Å². The Bertz CT molecular complexity index is 2380. The number of ether oxygens (including phenoxy) is 2. The van der Waals surface area contributed by atoms with Crippen LogP contribution in [0.2, 0.25) is 0 Å². The van der Waals surface area contributed by atoms with Crippen LogP contribution in [0.25, 0.3) is 44.4 Å². The zero-order valence-electron chi connectivity index (χ0n) is 31.0. The van der Waals surface area contributed by atoms with E-state index in [1.165, 1.54) is 11.1 Å². The second-order valence-corrected chi connectivity index (χ2v) is 15.3. The second-order valence-electron chi connectivity index (χ2n) is 15.3. The van der Waals surface area contributed by atoms with Crippen LogP contribution < -0.4 is 9.47 Å². The molecule has 3 aromatic heterocycles. The van der Waals surface area contributed by atoms with Gasteiger partial charge in [-0.2, -0.15) is 17.2 Å². The first kappa shape index (κ1) is 36.1. The van der Waals surface area contributed by atoms with E-state index in [0.29, 0.717) is 11.5 Å². The number of hydrogen-bond acceptors (Lipinski definition) is 4. The van der Waals surface area contributed by atoms with Gasteiger partial charge in [-0.1, -0.05) is 65.3 Å². The van der Waals surface area contributed by atoms with E-state index in [1.807, 2.05) is 36.5 Å². The largest absolute Gasteiger partial charge is 2.00 e. The van der Waals surface area contributed by atoms with Gasteiger partial charge in [0.25, 0.3) is 0 Å². The second kappa shape index (κ2) is 13.5. The Hall–Kier alpha value is -4.67. The number of aromatic nitrogens is 4. The number of methoxy groups -OCH3 is 1. The molecule has 0 amide bonds. The summed E-state index contributed by atoms with van der Waals surface area (Å²) in [5.74, 6) is 2.88. The molecule has 7 heteroatoms. The maximum Gasteiger partial charge on any atom is 2.00 e. The van der Waals surface area contributed by atoms with Crippen molar-refractivity contribution in [3.63, 3.8) is 0 Å². The molecule has 0 aliphatic rings. The minimum Gasteiger partial charge on any atom is -0.509 e. The summed E-state index contributed by atoms with van der Waals surface area (Å²) in [4.78, 5) is 4.72. The molecule has 0 spiro atoms. The Morgan fingerprint density at radius 3 is 2.08 bits per heavy atom. The van der Waals surface area contributed by atoms with Crippen LogP contribution in [-0.4, -0.2) is 26.4 Å². The molecule has 3 heterocycles. The van der Waals surface area contributed by atoms with Gasteiger partial charge in [0.1, 0.15) is 11.6 Å². The fourth-order valence-electron chi connectivity index (χ4n) is 7.03. The third-order valence-corrected chi connectivity index (χ3v) is 9.19. The van der Waals surface area contributed by atoms with E-state index in [4.69, 9.17) is 19.6 Å². The van der Waals surface area contributed by atoms with Crippen molar-refractivity contribution in [2.24, 2.45) is 0 Å². The van der Waals surface area contributed by atoms with Gasteiger partial charge in [0.15, 0.2) is 0 Å². The smallest absolute Gasteiger partial charge is 0.509 e. The third-order valence-electron chi connectivity index (χ3n) is 9.19. The first-order valence-electron chi connectivity index (χ1n) is 17.1. The molecule has 4 aromatic carbocycles. The van der Waals surface area contributed by atoms with Crippen molar-refractivity contribution in [1.82, 2.24) is 19.3 Å². The van der Waals surface area contributed by atoms with Gasteiger partial charge in [-0.05, 0) is 84.4 Å². The number of benzene rings is 4. The molecule has 0 aliphatic heterocycles. The monoisotopic (exact) mass is 855 g/mol. The van der Waals surface area contributed by atoms with Crippen LogP contribution in [0.5, 0.6) is 17.2 Å². The van der Waals surface area contributed by atoms with Crippen molar-refractivity contribution in [3.05, 3.63) is 125 Å². The molecule has 0 bridgehead atoms. The van der Waals surface area contributed by atoms with E-state index in [2.05, 4.69) is 132 Å². The number of hydrogen-bond donors (Lipinski definition) is 0. The number of rotatable bonds is 6. The quantitative estimate of drug-likeness (QED) is 0.156. The summed E-state index contributed by atoms with van der Waals surface area (Å²) in [6, 6.07) is 33.9. The summed E-state index contributed by atoms with van der Waals surface area (Å²) in [7, 11) is 1.72. The van der Waals surface area contributed by atoms with Crippen LogP contribution in [0.1, 0.15) is 69.6 Å². The molecule has 0 aliphatic carbocycles. The van der Waals surface area contributed by atoms with E-state index in [0.717, 1.165) is 67.1 Å². The minimum absolute atomic E-state index is 0. The fraction of sp³-hybridized carbons (Fsp3) is 0.273. The molecule has 0 atom stereocenters. The average molecular weight is 856 g/mol. The van der Waals surface area contributed by atoms with E-state index in [1.54, 1.807) is 7.11 Å². The van der Waals surface area contributed by atoms with Crippen molar-refractivity contribution in [3.8, 4) is 39.9 Å². The normalized spacial score (nSPS) is 12.0. The average Bonchev–Trinajstić information content (AvgIpc) is 3.62. The molecule has 7 aromatic rings. The van der Waals surface area contributed by atoms with Gasteiger partial charge < -0.3 is 14.0 Å². The summed E-state index contributed by atoms with van der Waals surface area (Å²) in [6.07, 6.45) is 1.85. The zero-order chi connectivity index (χ0) is 35.5. The zero-order valence-corrected chi connectivity index (χ0v) is 33.3. The Morgan fingerprint density at radius 2 is 1.41 bits per heavy atom. The Balaban J connectivity index is 0.00000448. The van der Waals surface area contributed by atoms with E-state index >= 15 is 0 Å². The molecule has 7 rings (SSSR count). The molecular weight excluding hydrogens is 812 g/mol. The van der Waals surface area contributed by atoms with Gasteiger partial charge in [0.2, 0.25) is 0 Å². The molecule has 0 radical (unpaired) electrons. The summed E-state index contributed by atoms with van der Waals surface area (Å²) in [5.41, 5.74) is 10.3. The number of para-hydroxylation sites is 1. The molecule has 0 saturated carbocycles. The fourth-order valence-corrected chi connectivity index (χ4v) is 7.03. The van der Waals surface area contributed by atoms with Crippen LogP contribution in [-0.2, 0) is 31.9 Å². The van der Waals surface area contributed by atoms with E-state index in [9.17, 15) is 0 Å². The predicted octanol–water partition coefficient (Wildman–Crippen LogP) is 11.0. The van der Waals surface area contributed by atoms with Gasteiger partial charge in [0, 0.05) is 39.6 Å². The maximum absolute atomic E-state index is 6.54. The molecule has 0 saturated heterocycles. The van der Waals surface area contributed by atoms with Crippen molar-refractivity contribution in [2.45, 2.75) is 73.1 Å². The molecule has 6 nitrogen and oxygen atoms in total. The van der Waals surface area contributed by atoms with Crippen molar-refractivity contribution >= 4 is 21.8 Å². The Kier molecular flexibility index (Phi) is 9.54. The van der Waals surface area contributed by atoms with Crippen LogP contribution in [0.3, 0.4) is 0 Å². The van der Waals surface area contributed by atoms with Crippen LogP contribution in [0.4, 0.5) is 0 Å².